The molecular formula is C13H10N4OS. The third-order valence-corrected chi connectivity index (χ3v) is 2.38. The van der Waals surface area contributed by atoms with Crippen LogP contribution in [0.15, 0.2) is 45.9 Å². The first-order valence-corrected chi connectivity index (χ1v) is 5.79. The lowest BCUT2D eigenvalue weighted by molar-refractivity contribution is 0.574. The van der Waals surface area contributed by atoms with Gasteiger partial charge in [0, 0.05) is 5.56 Å². The number of nitriles is 1. The SMILES string of the molecule is N#Cc1ccc(-c2ccc(C=NNC(N)=S)o2)cc1. The van der Waals surface area contributed by atoms with E-state index in [1.807, 2.05) is 18.2 Å². The van der Waals surface area contributed by atoms with Gasteiger partial charge in [-0.2, -0.15) is 10.4 Å². The van der Waals surface area contributed by atoms with E-state index < -0.39 is 0 Å². The number of rotatable bonds is 3. The fourth-order valence-corrected chi connectivity index (χ4v) is 1.50. The second-order valence-corrected chi connectivity index (χ2v) is 4.07. The summed E-state index contributed by atoms with van der Waals surface area (Å²) < 4.78 is 5.57. The summed E-state index contributed by atoms with van der Waals surface area (Å²) >= 11 is 4.61. The van der Waals surface area contributed by atoms with E-state index in [-0.39, 0.29) is 5.11 Å². The maximum atomic E-state index is 8.73. The van der Waals surface area contributed by atoms with Gasteiger partial charge in [0.25, 0.3) is 0 Å². The Bertz CT molecular complexity index is 652. The average Bonchev–Trinajstić information content (AvgIpc) is 2.87. The highest BCUT2D eigenvalue weighted by Gasteiger charge is 2.03. The molecule has 1 heterocycles. The molecule has 5 nitrogen and oxygen atoms in total. The van der Waals surface area contributed by atoms with E-state index in [2.05, 4.69) is 28.8 Å². The monoisotopic (exact) mass is 270 g/mol. The number of furan rings is 1. The molecule has 0 spiro atoms. The smallest absolute Gasteiger partial charge is 0.184 e. The Kier molecular flexibility index (Phi) is 3.90. The molecule has 0 bridgehead atoms. The first kappa shape index (κ1) is 12.8. The van der Waals surface area contributed by atoms with Crippen LogP contribution in [0.3, 0.4) is 0 Å². The van der Waals surface area contributed by atoms with Gasteiger partial charge in [-0.05, 0) is 48.6 Å². The van der Waals surface area contributed by atoms with Crippen molar-refractivity contribution in [1.82, 2.24) is 5.43 Å². The van der Waals surface area contributed by atoms with Crippen molar-refractivity contribution in [3.05, 3.63) is 47.7 Å². The molecule has 1 aromatic heterocycles. The highest BCUT2D eigenvalue weighted by Crippen LogP contribution is 2.21. The number of benzene rings is 1. The molecule has 0 saturated carbocycles. The Morgan fingerprint density at radius 2 is 2.05 bits per heavy atom. The quantitative estimate of drug-likeness (QED) is 0.506. The molecule has 0 amide bonds. The number of hydrazone groups is 1. The lowest BCUT2D eigenvalue weighted by Gasteiger charge is -1.96. The van der Waals surface area contributed by atoms with Crippen molar-refractivity contribution in [1.29, 1.82) is 5.26 Å². The molecule has 0 atom stereocenters. The molecule has 19 heavy (non-hydrogen) atoms. The van der Waals surface area contributed by atoms with Crippen LogP contribution in [0.2, 0.25) is 0 Å². The normalized spacial score (nSPS) is 10.3. The third-order valence-electron chi connectivity index (χ3n) is 2.29. The maximum Gasteiger partial charge on any atom is 0.184 e. The van der Waals surface area contributed by atoms with Crippen LogP contribution in [-0.4, -0.2) is 11.3 Å². The molecule has 0 unspecified atom stereocenters. The minimum atomic E-state index is 0.0927. The Balaban J connectivity index is 2.14. The van der Waals surface area contributed by atoms with Gasteiger partial charge in [0.05, 0.1) is 17.8 Å². The summed E-state index contributed by atoms with van der Waals surface area (Å²) in [4.78, 5) is 0. The van der Waals surface area contributed by atoms with Crippen molar-refractivity contribution in [2.75, 3.05) is 0 Å². The molecular weight excluding hydrogens is 260 g/mol. The fourth-order valence-electron chi connectivity index (χ4n) is 1.45. The average molecular weight is 270 g/mol. The van der Waals surface area contributed by atoms with E-state index in [0.29, 0.717) is 17.1 Å². The number of hydrogen-bond donors (Lipinski definition) is 2. The second-order valence-electron chi connectivity index (χ2n) is 3.63. The van der Waals surface area contributed by atoms with Gasteiger partial charge in [0.15, 0.2) is 5.11 Å². The summed E-state index contributed by atoms with van der Waals surface area (Å²) in [5.74, 6) is 1.27. The Labute approximate surface area is 115 Å². The summed E-state index contributed by atoms with van der Waals surface area (Å²) in [5.41, 5.74) is 9.17. The Hall–Kier alpha value is -2.65. The summed E-state index contributed by atoms with van der Waals surface area (Å²) in [6, 6.07) is 12.8. The zero-order chi connectivity index (χ0) is 13.7. The minimum absolute atomic E-state index is 0.0927. The second kappa shape index (κ2) is 5.80. The van der Waals surface area contributed by atoms with E-state index in [1.165, 1.54) is 6.21 Å². The van der Waals surface area contributed by atoms with E-state index in [1.54, 1.807) is 18.2 Å². The number of nitrogens with one attached hydrogen (secondary N) is 1. The van der Waals surface area contributed by atoms with Crippen molar-refractivity contribution in [3.63, 3.8) is 0 Å². The van der Waals surface area contributed by atoms with Crippen LogP contribution >= 0.6 is 12.2 Å². The molecule has 0 aliphatic rings. The molecule has 0 fully saturated rings. The molecule has 0 radical (unpaired) electrons. The summed E-state index contributed by atoms with van der Waals surface area (Å²) in [7, 11) is 0. The molecule has 1 aromatic carbocycles. The van der Waals surface area contributed by atoms with Gasteiger partial charge < -0.3 is 10.2 Å². The molecule has 6 heteroatoms. The summed E-state index contributed by atoms with van der Waals surface area (Å²) in [5, 5.41) is 12.6. The van der Waals surface area contributed by atoms with Crippen molar-refractivity contribution >= 4 is 23.5 Å². The van der Waals surface area contributed by atoms with Gasteiger partial charge in [-0.3, -0.25) is 5.43 Å². The van der Waals surface area contributed by atoms with E-state index in [4.69, 9.17) is 15.4 Å². The summed E-state index contributed by atoms with van der Waals surface area (Å²) in [6.45, 7) is 0. The van der Waals surface area contributed by atoms with E-state index >= 15 is 0 Å². The number of nitrogens with zero attached hydrogens (tertiary/aromatic N) is 2. The number of nitrogens with two attached hydrogens (primary N) is 1. The van der Waals surface area contributed by atoms with Crippen molar-refractivity contribution < 1.29 is 4.42 Å². The molecule has 2 aromatic rings. The van der Waals surface area contributed by atoms with Gasteiger partial charge in [-0.15, -0.1) is 0 Å². The number of hydrogen-bond acceptors (Lipinski definition) is 4. The van der Waals surface area contributed by atoms with Crippen LogP contribution in [0.25, 0.3) is 11.3 Å². The molecule has 0 aliphatic heterocycles. The van der Waals surface area contributed by atoms with Gasteiger partial charge in [0.2, 0.25) is 0 Å². The molecule has 3 N–H and O–H groups in total. The predicted molar refractivity (Wildman–Crippen MR) is 76.4 cm³/mol. The zero-order valence-corrected chi connectivity index (χ0v) is 10.6. The number of thiocarbonyl (C=S) groups is 1. The highest BCUT2D eigenvalue weighted by atomic mass is 32.1. The Morgan fingerprint density at radius 1 is 1.32 bits per heavy atom. The first-order chi connectivity index (χ1) is 9.19. The lowest BCUT2D eigenvalue weighted by atomic mass is 10.1. The van der Waals surface area contributed by atoms with Crippen molar-refractivity contribution in [2.24, 2.45) is 10.8 Å². The van der Waals surface area contributed by atoms with Gasteiger partial charge in [-0.1, -0.05) is 0 Å². The van der Waals surface area contributed by atoms with Gasteiger partial charge in [-0.25, -0.2) is 0 Å². The zero-order valence-electron chi connectivity index (χ0n) is 9.83. The van der Waals surface area contributed by atoms with E-state index in [9.17, 15) is 0 Å². The largest absolute Gasteiger partial charge is 0.455 e. The van der Waals surface area contributed by atoms with Crippen LogP contribution in [-0.2, 0) is 0 Å². The van der Waals surface area contributed by atoms with Crippen LogP contribution in [0.4, 0.5) is 0 Å². The predicted octanol–water partition coefficient (Wildman–Crippen LogP) is 1.99. The standard InChI is InChI=1S/C13H10N4OS/c14-7-9-1-3-10(4-2-9)12-6-5-11(18-12)8-16-17-13(15)19/h1-6,8H,(H3,15,17,19). The topological polar surface area (TPSA) is 87.3 Å². The lowest BCUT2D eigenvalue weighted by Crippen LogP contribution is -2.23. The van der Waals surface area contributed by atoms with Gasteiger partial charge in [0.1, 0.15) is 11.5 Å². The van der Waals surface area contributed by atoms with Crippen molar-refractivity contribution in [3.8, 4) is 17.4 Å². The minimum Gasteiger partial charge on any atom is -0.455 e. The van der Waals surface area contributed by atoms with E-state index in [0.717, 1.165) is 5.56 Å². The molecule has 0 saturated heterocycles. The van der Waals surface area contributed by atoms with Crippen LogP contribution in [0, 0.1) is 11.3 Å². The van der Waals surface area contributed by atoms with Crippen LogP contribution < -0.4 is 11.2 Å². The Morgan fingerprint density at radius 3 is 2.68 bits per heavy atom. The molecule has 2 rings (SSSR count). The fraction of sp³-hybridized carbons (Fsp3) is 0. The first-order valence-electron chi connectivity index (χ1n) is 5.38. The van der Waals surface area contributed by atoms with Crippen molar-refractivity contribution in [2.45, 2.75) is 0 Å². The van der Waals surface area contributed by atoms with Crippen LogP contribution in [0.5, 0.6) is 0 Å². The van der Waals surface area contributed by atoms with Crippen LogP contribution in [0.1, 0.15) is 11.3 Å². The molecule has 94 valence electrons. The maximum absolute atomic E-state index is 8.73. The summed E-state index contributed by atoms with van der Waals surface area (Å²) in [6.07, 6.45) is 1.48. The van der Waals surface area contributed by atoms with Gasteiger partial charge >= 0.3 is 0 Å². The third kappa shape index (κ3) is 3.40. The highest BCUT2D eigenvalue weighted by molar-refractivity contribution is 7.80. The molecule has 0 aliphatic carbocycles.